The summed E-state index contributed by atoms with van der Waals surface area (Å²) in [6.45, 7) is 0. The van der Waals surface area contributed by atoms with Gasteiger partial charge in [0.15, 0.2) is 0 Å². The lowest BCUT2D eigenvalue weighted by Gasteiger charge is -2.43. The van der Waals surface area contributed by atoms with E-state index < -0.39 is 0 Å². The molecule has 110 valence electrons. The van der Waals surface area contributed by atoms with Crippen LogP contribution in [0.15, 0.2) is 60.7 Å². The summed E-state index contributed by atoms with van der Waals surface area (Å²) >= 11 is 0. The molecule has 0 amide bonds. The molecule has 0 heterocycles. The lowest BCUT2D eigenvalue weighted by molar-refractivity contribution is 0.0324. The maximum atomic E-state index is 6.39. The zero-order valence-electron chi connectivity index (χ0n) is 12.8. The van der Waals surface area contributed by atoms with Crippen LogP contribution in [-0.4, -0.2) is 10.5 Å². The van der Waals surface area contributed by atoms with E-state index in [0.29, 0.717) is 5.92 Å². The van der Waals surface area contributed by atoms with Crippen molar-refractivity contribution < 1.29 is 4.43 Å². The van der Waals surface area contributed by atoms with E-state index in [2.05, 4.69) is 60.7 Å². The van der Waals surface area contributed by atoms with Gasteiger partial charge in [-0.2, -0.15) is 0 Å². The SMILES string of the molecule is [SiH3]OC(c1ccccc1)(c1ccccc1)C1CCCCC1. The zero-order chi connectivity index (χ0) is 14.5. The van der Waals surface area contributed by atoms with Crippen molar-refractivity contribution in [3.63, 3.8) is 0 Å². The number of benzene rings is 2. The first kappa shape index (κ1) is 14.5. The summed E-state index contributed by atoms with van der Waals surface area (Å²) in [5.74, 6) is 0.591. The Morgan fingerprint density at radius 2 is 1.24 bits per heavy atom. The molecule has 2 heteroatoms. The van der Waals surface area contributed by atoms with Crippen molar-refractivity contribution in [1.82, 2.24) is 0 Å². The van der Waals surface area contributed by atoms with Gasteiger partial charge in [-0.25, -0.2) is 0 Å². The molecule has 0 bridgehead atoms. The van der Waals surface area contributed by atoms with Gasteiger partial charge in [-0.3, -0.25) is 0 Å². The summed E-state index contributed by atoms with van der Waals surface area (Å²) in [6.07, 6.45) is 6.57. The second-order valence-corrected chi connectivity index (χ2v) is 6.42. The molecule has 0 aromatic heterocycles. The molecule has 0 saturated heterocycles. The van der Waals surface area contributed by atoms with E-state index in [1.165, 1.54) is 43.2 Å². The molecule has 0 atom stereocenters. The average molecular weight is 296 g/mol. The monoisotopic (exact) mass is 296 g/mol. The van der Waals surface area contributed by atoms with Crippen molar-refractivity contribution in [3.8, 4) is 0 Å². The number of hydrogen-bond donors (Lipinski definition) is 0. The van der Waals surface area contributed by atoms with E-state index in [1.54, 1.807) is 0 Å². The third-order valence-corrected chi connectivity index (χ3v) is 5.55. The maximum Gasteiger partial charge on any atom is 0.147 e. The summed E-state index contributed by atoms with van der Waals surface area (Å²) < 4.78 is 6.39. The quantitative estimate of drug-likeness (QED) is 0.780. The highest BCUT2D eigenvalue weighted by atomic mass is 28.2. The largest absolute Gasteiger partial charge is 0.414 e. The fraction of sp³-hybridized carbons (Fsp3) is 0.368. The van der Waals surface area contributed by atoms with Crippen molar-refractivity contribution in [2.75, 3.05) is 0 Å². The third-order valence-electron chi connectivity index (χ3n) is 4.91. The van der Waals surface area contributed by atoms with Crippen LogP contribution in [0.5, 0.6) is 0 Å². The van der Waals surface area contributed by atoms with E-state index in [1.807, 2.05) is 0 Å². The Hall–Kier alpha value is -1.38. The highest BCUT2D eigenvalue weighted by molar-refractivity contribution is 5.98. The molecular weight excluding hydrogens is 272 g/mol. The summed E-state index contributed by atoms with van der Waals surface area (Å²) in [4.78, 5) is 0. The maximum absolute atomic E-state index is 6.39. The zero-order valence-corrected chi connectivity index (χ0v) is 14.8. The molecule has 0 N–H and O–H groups in total. The molecule has 0 aliphatic heterocycles. The summed E-state index contributed by atoms with van der Waals surface area (Å²) in [5, 5.41) is 0. The summed E-state index contributed by atoms with van der Waals surface area (Å²) in [5.41, 5.74) is 2.39. The molecule has 21 heavy (non-hydrogen) atoms. The highest BCUT2D eigenvalue weighted by Gasteiger charge is 2.41. The molecule has 1 aliphatic carbocycles. The lowest BCUT2D eigenvalue weighted by Crippen LogP contribution is -2.40. The first-order valence-electron chi connectivity index (χ1n) is 8.04. The molecule has 1 nitrogen and oxygen atoms in total. The van der Waals surface area contributed by atoms with Crippen LogP contribution in [0, 0.1) is 5.92 Å². The smallest absolute Gasteiger partial charge is 0.147 e. The molecule has 0 unspecified atom stereocenters. The molecule has 3 rings (SSSR count). The average Bonchev–Trinajstić information content (AvgIpc) is 2.59. The van der Waals surface area contributed by atoms with Crippen molar-refractivity contribution in [3.05, 3.63) is 71.8 Å². The fourth-order valence-electron chi connectivity index (χ4n) is 3.92. The normalized spacial score (nSPS) is 17.0. The molecule has 0 spiro atoms. The molecule has 1 aliphatic rings. The van der Waals surface area contributed by atoms with Gasteiger partial charge in [0.25, 0.3) is 0 Å². The number of rotatable bonds is 4. The van der Waals surface area contributed by atoms with Crippen molar-refractivity contribution >= 4 is 10.5 Å². The highest BCUT2D eigenvalue weighted by Crippen LogP contribution is 2.46. The molecular formula is C19H24OSi. The third kappa shape index (κ3) is 2.70. The van der Waals surface area contributed by atoms with Crippen LogP contribution in [0.2, 0.25) is 0 Å². The topological polar surface area (TPSA) is 9.23 Å². The van der Waals surface area contributed by atoms with Gasteiger partial charge < -0.3 is 4.43 Å². The van der Waals surface area contributed by atoms with Crippen LogP contribution >= 0.6 is 0 Å². The minimum Gasteiger partial charge on any atom is -0.414 e. The predicted octanol–water partition coefficient (Wildman–Crippen LogP) is 3.81. The second kappa shape index (κ2) is 6.59. The molecule has 2 aromatic carbocycles. The summed E-state index contributed by atoms with van der Waals surface area (Å²) in [6, 6.07) is 21.7. The Morgan fingerprint density at radius 3 is 1.67 bits per heavy atom. The van der Waals surface area contributed by atoms with Crippen LogP contribution in [-0.2, 0) is 10.0 Å². The van der Waals surface area contributed by atoms with Crippen LogP contribution in [0.1, 0.15) is 43.2 Å². The van der Waals surface area contributed by atoms with Gasteiger partial charge in [-0.1, -0.05) is 79.9 Å². The molecule has 1 saturated carbocycles. The van der Waals surface area contributed by atoms with Gasteiger partial charge in [0.2, 0.25) is 0 Å². The van der Waals surface area contributed by atoms with Crippen molar-refractivity contribution in [2.45, 2.75) is 37.7 Å². The second-order valence-electron chi connectivity index (χ2n) is 6.01. The molecule has 0 radical (unpaired) electrons. The molecule has 2 aromatic rings. The number of hydrogen-bond acceptors (Lipinski definition) is 1. The first-order valence-corrected chi connectivity index (χ1v) is 8.86. The predicted molar refractivity (Wildman–Crippen MR) is 91.3 cm³/mol. The van der Waals surface area contributed by atoms with E-state index in [4.69, 9.17) is 4.43 Å². The Bertz CT molecular complexity index is 507. The van der Waals surface area contributed by atoms with Crippen molar-refractivity contribution in [2.24, 2.45) is 5.92 Å². The Morgan fingerprint density at radius 1 is 0.762 bits per heavy atom. The van der Waals surface area contributed by atoms with Gasteiger partial charge in [-0.15, -0.1) is 0 Å². The van der Waals surface area contributed by atoms with Crippen LogP contribution in [0.25, 0.3) is 0 Å². The first-order chi connectivity index (χ1) is 10.4. The molecule has 1 fully saturated rings. The van der Waals surface area contributed by atoms with E-state index in [0.717, 1.165) is 10.5 Å². The van der Waals surface area contributed by atoms with Crippen molar-refractivity contribution in [1.29, 1.82) is 0 Å². The Kier molecular flexibility index (Phi) is 4.56. The van der Waals surface area contributed by atoms with Crippen LogP contribution < -0.4 is 0 Å². The lowest BCUT2D eigenvalue weighted by atomic mass is 9.70. The Labute approximate surface area is 130 Å². The standard InChI is InChI=1S/C19H24OSi/c21-20-19(16-10-4-1-5-11-16,17-12-6-2-7-13-17)18-14-8-3-9-15-18/h1-2,4-7,10-13,18H,3,8-9,14-15H2,21H3. The van der Waals surface area contributed by atoms with Gasteiger partial charge in [-0.05, 0) is 29.9 Å². The van der Waals surface area contributed by atoms with Gasteiger partial charge in [0, 0.05) is 0 Å². The minimum atomic E-state index is -0.241. The van der Waals surface area contributed by atoms with E-state index >= 15 is 0 Å². The van der Waals surface area contributed by atoms with Gasteiger partial charge in [0.1, 0.15) is 16.1 Å². The minimum absolute atomic E-state index is 0.241. The summed E-state index contributed by atoms with van der Waals surface area (Å²) in [7, 11) is 0.749. The Balaban J connectivity index is 2.12. The van der Waals surface area contributed by atoms with Gasteiger partial charge >= 0.3 is 0 Å². The van der Waals surface area contributed by atoms with Crippen LogP contribution in [0.4, 0.5) is 0 Å². The van der Waals surface area contributed by atoms with Crippen LogP contribution in [0.3, 0.4) is 0 Å². The fourth-order valence-corrected chi connectivity index (χ4v) is 4.73. The van der Waals surface area contributed by atoms with E-state index in [-0.39, 0.29) is 5.60 Å². The van der Waals surface area contributed by atoms with Gasteiger partial charge in [0.05, 0.1) is 0 Å². The van der Waals surface area contributed by atoms with E-state index in [9.17, 15) is 0 Å².